The predicted octanol–water partition coefficient (Wildman–Crippen LogP) is 3.70. The first kappa shape index (κ1) is 21.1. The Morgan fingerprint density at radius 1 is 1.03 bits per heavy atom. The van der Waals surface area contributed by atoms with Crippen LogP contribution in [0.5, 0.6) is 11.5 Å². The summed E-state index contributed by atoms with van der Waals surface area (Å²) in [5.41, 5.74) is -0.583. The van der Waals surface area contributed by atoms with E-state index in [1.807, 2.05) is 30.3 Å². The molecule has 7 heteroatoms. The molecule has 0 saturated heterocycles. The lowest BCUT2D eigenvalue weighted by Crippen LogP contribution is -2.33. The maximum absolute atomic E-state index is 12.1. The Morgan fingerprint density at radius 3 is 2.53 bits per heavy atom. The van der Waals surface area contributed by atoms with Crippen LogP contribution in [0.2, 0.25) is 0 Å². The molecular formula is C23H23NO6. The molecule has 0 aliphatic heterocycles. The Morgan fingerprint density at radius 2 is 1.80 bits per heavy atom. The van der Waals surface area contributed by atoms with Gasteiger partial charge >= 0.3 is 11.6 Å². The van der Waals surface area contributed by atoms with Gasteiger partial charge in [0.15, 0.2) is 0 Å². The number of nitrogens with one attached hydrogen (secondary N) is 1. The molecule has 0 fully saturated rings. The van der Waals surface area contributed by atoms with Crippen LogP contribution in [0.15, 0.2) is 63.8 Å². The Kier molecular flexibility index (Phi) is 6.85. The molecule has 1 heterocycles. The number of amides is 1. The van der Waals surface area contributed by atoms with Gasteiger partial charge in [0.05, 0.1) is 6.61 Å². The minimum Gasteiger partial charge on any atom is -0.494 e. The van der Waals surface area contributed by atoms with Crippen LogP contribution in [-0.4, -0.2) is 24.5 Å². The summed E-state index contributed by atoms with van der Waals surface area (Å²) in [6.07, 6.45) is 0.688. The lowest BCUT2D eigenvalue weighted by Gasteiger charge is -2.09. The second-order valence-corrected chi connectivity index (χ2v) is 7.01. The van der Waals surface area contributed by atoms with Gasteiger partial charge < -0.3 is 19.2 Å². The molecule has 1 amide bonds. The van der Waals surface area contributed by atoms with Gasteiger partial charge in [-0.15, -0.1) is 0 Å². The van der Waals surface area contributed by atoms with E-state index in [9.17, 15) is 14.4 Å². The molecule has 0 radical (unpaired) electrons. The number of para-hydroxylation sites is 1. The molecule has 0 spiro atoms. The maximum atomic E-state index is 12.1. The van der Waals surface area contributed by atoms with E-state index in [1.54, 1.807) is 26.0 Å². The average molecular weight is 409 g/mol. The molecule has 0 unspecified atom stereocenters. The molecular weight excluding hydrogens is 386 g/mol. The van der Waals surface area contributed by atoms with E-state index in [1.165, 1.54) is 12.1 Å². The SMILES string of the molecule is CC(C)NC(=O)c1cc2ccc(OC(=O)CCCOc3ccccc3)cc2oc1=O. The molecule has 0 saturated carbocycles. The third-order valence-corrected chi connectivity index (χ3v) is 4.14. The zero-order chi connectivity index (χ0) is 21.5. The molecule has 2 aromatic carbocycles. The van der Waals surface area contributed by atoms with Crippen LogP contribution in [-0.2, 0) is 4.79 Å². The van der Waals surface area contributed by atoms with Crippen molar-refractivity contribution in [3.8, 4) is 11.5 Å². The molecule has 30 heavy (non-hydrogen) atoms. The number of carbonyl (C=O) groups is 2. The van der Waals surface area contributed by atoms with E-state index in [0.717, 1.165) is 5.75 Å². The lowest BCUT2D eigenvalue weighted by atomic mass is 10.1. The summed E-state index contributed by atoms with van der Waals surface area (Å²) in [4.78, 5) is 36.3. The first-order chi connectivity index (χ1) is 14.4. The van der Waals surface area contributed by atoms with Crippen molar-refractivity contribution in [3.05, 3.63) is 70.6 Å². The highest BCUT2D eigenvalue weighted by Gasteiger charge is 2.15. The fraction of sp³-hybridized carbons (Fsp3) is 0.261. The van der Waals surface area contributed by atoms with E-state index < -0.39 is 17.5 Å². The largest absolute Gasteiger partial charge is 0.494 e. The van der Waals surface area contributed by atoms with Gasteiger partial charge in [-0.2, -0.15) is 0 Å². The van der Waals surface area contributed by atoms with Gasteiger partial charge in [-0.25, -0.2) is 4.79 Å². The summed E-state index contributed by atoms with van der Waals surface area (Å²) in [5.74, 6) is 0.103. The van der Waals surface area contributed by atoms with Crippen molar-refractivity contribution in [2.45, 2.75) is 32.7 Å². The van der Waals surface area contributed by atoms with Crippen LogP contribution >= 0.6 is 0 Å². The van der Waals surface area contributed by atoms with Crippen LogP contribution < -0.4 is 20.4 Å². The fourth-order valence-corrected chi connectivity index (χ4v) is 2.76. The van der Waals surface area contributed by atoms with E-state index in [2.05, 4.69) is 5.32 Å². The summed E-state index contributed by atoms with van der Waals surface area (Å²) in [6.45, 7) is 4.00. The molecule has 0 bridgehead atoms. The molecule has 7 nitrogen and oxygen atoms in total. The van der Waals surface area contributed by atoms with Crippen molar-refractivity contribution in [3.63, 3.8) is 0 Å². The van der Waals surface area contributed by atoms with Crippen LogP contribution in [0.3, 0.4) is 0 Å². The van der Waals surface area contributed by atoms with Crippen molar-refractivity contribution in [2.75, 3.05) is 6.61 Å². The molecule has 0 aliphatic carbocycles. The number of carbonyl (C=O) groups excluding carboxylic acids is 2. The summed E-state index contributed by atoms with van der Waals surface area (Å²) in [6, 6.07) is 15.4. The first-order valence-electron chi connectivity index (χ1n) is 9.69. The average Bonchev–Trinajstić information content (AvgIpc) is 2.71. The van der Waals surface area contributed by atoms with E-state index in [-0.39, 0.29) is 29.4 Å². The zero-order valence-electron chi connectivity index (χ0n) is 16.8. The van der Waals surface area contributed by atoms with Crippen LogP contribution in [0.4, 0.5) is 0 Å². The first-order valence-corrected chi connectivity index (χ1v) is 9.69. The van der Waals surface area contributed by atoms with Crippen molar-refractivity contribution in [1.29, 1.82) is 0 Å². The Labute approximate surface area is 173 Å². The van der Waals surface area contributed by atoms with Gasteiger partial charge in [0, 0.05) is 23.9 Å². The predicted molar refractivity (Wildman–Crippen MR) is 112 cm³/mol. The van der Waals surface area contributed by atoms with Gasteiger partial charge in [0.25, 0.3) is 5.91 Å². The number of benzene rings is 2. The summed E-state index contributed by atoms with van der Waals surface area (Å²) in [5, 5.41) is 3.21. The Balaban J connectivity index is 1.59. The molecule has 1 aromatic heterocycles. The Bertz CT molecular complexity index is 1090. The van der Waals surface area contributed by atoms with Crippen LogP contribution in [0.25, 0.3) is 11.0 Å². The second-order valence-electron chi connectivity index (χ2n) is 7.01. The standard InChI is InChI=1S/C23H23NO6/c1-15(2)24-22(26)19-13-16-10-11-18(14-20(16)30-23(19)27)29-21(25)9-6-12-28-17-7-4-3-5-8-17/h3-5,7-8,10-11,13-15H,6,9,12H2,1-2H3,(H,24,26). The highest BCUT2D eigenvalue weighted by molar-refractivity contribution is 5.96. The highest BCUT2D eigenvalue weighted by Crippen LogP contribution is 2.21. The number of hydrogen-bond donors (Lipinski definition) is 1. The number of esters is 1. The van der Waals surface area contributed by atoms with Gasteiger partial charge in [-0.3, -0.25) is 9.59 Å². The topological polar surface area (TPSA) is 94.8 Å². The van der Waals surface area contributed by atoms with Crippen LogP contribution in [0.1, 0.15) is 37.0 Å². The van der Waals surface area contributed by atoms with Gasteiger partial charge in [0.1, 0.15) is 22.6 Å². The highest BCUT2D eigenvalue weighted by atomic mass is 16.5. The molecule has 0 atom stereocenters. The van der Waals surface area contributed by atoms with E-state index in [0.29, 0.717) is 18.4 Å². The van der Waals surface area contributed by atoms with Crippen molar-refractivity contribution >= 4 is 22.8 Å². The molecule has 1 N–H and O–H groups in total. The van der Waals surface area contributed by atoms with Gasteiger partial charge in [0.2, 0.25) is 0 Å². The number of ether oxygens (including phenoxy) is 2. The van der Waals surface area contributed by atoms with Crippen molar-refractivity contribution in [2.24, 2.45) is 0 Å². The minimum absolute atomic E-state index is 0.0700. The van der Waals surface area contributed by atoms with E-state index in [4.69, 9.17) is 13.9 Å². The van der Waals surface area contributed by atoms with Gasteiger partial charge in [-0.05, 0) is 50.6 Å². The molecule has 3 rings (SSSR count). The monoisotopic (exact) mass is 409 g/mol. The second kappa shape index (κ2) is 9.73. The zero-order valence-corrected chi connectivity index (χ0v) is 16.8. The van der Waals surface area contributed by atoms with Crippen LogP contribution in [0, 0.1) is 0 Å². The third kappa shape index (κ3) is 5.70. The van der Waals surface area contributed by atoms with E-state index >= 15 is 0 Å². The molecule has 3 aromatic rings. The number of fused-ring (bicyclic) bond motifs is 1. The number of rotatable bonds is 8. The molecule has 0 aliphatic rings. The summed E-state index contributed by atoms with van der Waals surface area (Å²) >= 11 is 0. The fourth-order valence-electron chi connectivity index (χ4n) is 2.76. The van der Waals surface area contributed by atoms with Gasteiger partial charge in [-0.1, -0.05) is 18.2 Å². The van der Waals surface area contributed by atoms with Crippen molar-refractivity contribution < 1.29 is 23.5 Å². The Hall–Kier alpha value is -3.61. The van der Waals surface area contributed by atoms with Crippen molar-refractivity contribution in [1.82, 2.24) is 5.32 Å². The molecule has 156 valence electrons. The lowest BCUT2D eigenvalue weighted by molar-refractivity contribution is -0.134. The summed E-state index contributed by atoms with van der Waals surface area (Å²) in [7, 11) is 0. The smallest absolute Gasteiger partial charge is 0.349 e. The minimum atomic E-state index is -0.748. The summed E-state index contributed by atoms with van der Waals surface area (Å²) < 4.78 is 16.1. The third-order valence-electron chi connectivity index (χ3n) is 4.14. The normalized spacial score (nSPS) is 10.8. The number of hydrogen-bond acceptors (Lipinski definition) is 6. The quantitative estimate of drug-likeness (QED) is 0.264. The maximum Gasteiger partial charge on any atom is 0.349 e.